The van der Waals surface area contributed by atoms with Crippen molar-refractivity contribution in [1.29, 1.82) is 0 Å². The summed E-state index contributed by atoms with van der Waals surface area (Å²) in [7, 11) is -6.30. The maximum absolute atomic E-state index is 14.1. The number of hydrogen-bond donors (Lipinski definition) is 0. The molecule has 0 unspecified atom stereocenters. The Morgan fingerprint density at radius 2 is 1.43 bits per heavy atom. The Bertz CT molecular complexity index is 2020. The number of halogens is 4. The second-order valence-electron chi connectivity index (χ2n) is 10.2. The van der Waals surface area contributed by atoms with Gasteiger partial charge in [0.1, 0.15) is 28.6 Å². The number of benzene rings is 3. The molecule has 3 aromatic carbocycles. The largest absolute Gasteiger partial charge is 0.534 e. The van der Waals surface area contributed by atoms with Crippen LogP contribution in [0.3, 0.4) is 0 Å². The van der Waals surface area contributed by atoms with Gasteiger partial charge in [-0.15, -0.1) is 0 Å². The third-order valence-corrected chi connectivity index (χ3v) is 8.25. The van der Waals surface area contributed by atoms with E-state index in [0.717, 1.165) is 6.08 Å². The van der Waals surface area contributed by atoms with Crippen LogP contribution in [0.15, 0.2) is 115 Å². The van der Waals surface area contributed by atoms with Crippen LogP contribution in [0.25, 0.3) is 10.9 Å². The molecule has 13 heteroatoms. The average molecular weight is 651 g/mol. The molecule has 0 bridgehead atoms. The minimum atomic E-state index is -6.30. The second kappa shape index (κ2) is 11.9. The summed E-state index contributed by atoms with van der Waals surface area (Å²) in [6.45, 7) is -0.403. The zero-order valence-electron chi connectivity index (χ0n) is 23.6. The standard InChI is InChI=1S/C33H22F4N2O6S/c34-23-14-7-9-20(16-17-23)19-39-31(40)25-26(32(39)41)30(44-28(21-10-3-1-4-11-21)22-12-5-2-6-13-22)27-24(15-8-18-38-27)29(25)45-46(42,43)33(35,36)37/h1-6,8-18,28H,7,19H2. The van der Waals surface area contributed by atoms with Crippen LogP contribution >= 0.6 is 0 Å². The molecule has 4 aromatic rings. The molecule has 0 fully saturated rings. The number of allylic oxidation sites excluding steroid dienone is 4. The smallest absolute Gasteiger partial charge is 0.478 e. The van der Waals surface area contributed by atoms with Crippen LogP contribution in [0, 0.1) is 0 Å². The molecule has 1 aromatic heterocycles. The summed E-state index contributed by atoms with van der Waals surface area (Å²) in [5.41, 5.74) is -5.73. The number of nitrogens with zero attached hydrogens (tertiary/aromatic N) is 2. The number of fused-ring (bicyclic) bond motifs is 2. The Labute approximate surface area is 260 Å². The Balaban J connectivity index is 1.58. The molecular formula is C33H22F4N2O6S. The van der Waals surface area contributed by atoms with E-state index in [1.165, 1.54) is 30.5 Å². The van der Waals surface area contributed by atoms with E-state index >= 15 is 0 Å². The van der Waals surface area contributed by atoms with Gasteiger partial charge in [-0.2, -0.15) is 21.6 Å². The number of ether oxygens (including phenoxy) is 1. The average Bonchev–Trinajstić information content (AvgIpc) is 3.15. The molecule has 0 atom stereocenters. The third-order valence-electron chi connectivity index (χ3n) is 7.30. The summed E-state index contributed by atoms with van der Waals surface area (Å²) in [4.78, 5) is 33.0. The van der Waals surface area contributed by atoms with Crippen molar-refractivity contribution in [2.45, 2.75) is 18.0 Å². The normalized spacial score (nSPS) is 15.1. The first-order valence-corrected chi connectivity index (χ1v) is 15.2. The van der Waals surface area contributed by atoms with Gasteiger partial charge in [-0.05, 0) is 47.4 Å². The highest BCUT2D eigenvalue weighted by atomic mass is 32.2. The zero-order chi connectivity index (χ0) is 32.6. The van der Waals surface area contributed by atoms with Gasteiger partial charge in [0.15, 0.2) is 11.5 Å². The summed E-state index contributed by atoms with van der Waals surface area (Å²) < 4.78 is 90.2. The Hall–Kier alpha value is -5.30. The Morgan fingerprint density at radius 3 is 2.04 bits per heavy atom. The molecular weight excluding hydrogens is 628 g/mol. The van der Waals surface area contributed by atoms with Gasteiger partial charge < -0.3 is 8.92 Å². The highest BCUT2D eigenvalue weighted by Crippen LogP contribution is 2.47. The van der Waals surface area contributed by atoms with Crippen LogP contribution in [0.4, 0.5) is 17.6 Å². The molecule has 2 aliphatic rings. The van der Waals surface area contributed by atoms with Crippen LogP contribution in [-0.2, 0) is 10.1 Å². The number of carbonyl (C=O) groups excluding carboxylic acids is 2. The van der Waals surface area contributed by atoms with Crippen molar-refractivity contribution in [3.8, 4) is 11.5 Å². The summed E-state index contributed by atoms with van der Waals surface area (Å²) in [6.07, 6.45) is 5.84. The maximum Gasteiger partial charge on any atom is 0.534 e. The molecule has 0 saturated heterocycles. The third kappa shape index (κ3) is 5.65. The minimum Gasteiger partial charge on any atom is -0.478 e. The van der Waals surface area contributed by atoms with Crippen molar-refractivity contribution >= 4 is 32.8 Å². The lowest BCUT2D eigenvalue weighted by Crippen LogP contribution is -2.32. The number of hydrogen-bond acceptors (Lipinski definition) is 7. The lowest BCUT2D eigenvalue weighted by molar-refractivity contribution is -0.0499. The van der Waals surface area contributed by atoms with Crippen LogP contribution in [0.5, 0.6) is 11.5 Å². The number of carbonyl (C=O) groups is 2. The van der Waals surface area contributed by atoms with E-state index in [1.807, 2.05) is 0 Å². The highest BCUT2D eigenvalue weighted by Gasteiger charge is 2.51. The van der Waals surface area contributed by atoms with Gasteiger partial charge in [0, 0.05) is 11.6 Å². The molecule has 0 radical (unpaired) electrons. The van der Waals surface area contributed by atoms with Gasteiger partial charge in [0.2, 0.25) is 0 Å². The van der Waals surface area contributed by atoms with E-state index in [2.05, 4.69) is 9.17 Å². The van der Waals surface area contributed by atoms with Crippen molar-refractivity contribution in [2.24, 2.45) is 0 Å². The maximum atomic E-state index is 14.1. The topological polar surface area (TPSA) is 103 Å². The zero-order valence-corrected chi connectivity index (χ0v) is 24.4. The fraction of sp³-hybridized carbons (Fsp3) is 0.121. The number of alkyl halides is 3. The first-order valence-electron chi connectivity index (χ1n) is 13.8. The minimum absolute atomic E-state index is 0.146. The number of amides is 2. The van der Waals surface area contributed by atoms with Gasteiger partial charge in [0.05, 0.1) is 6.54 Å². The van der Waals surface area contributed by atoms with Crippen molar-refractivity contribution in [1.82, 2.24) is 9.88 Å². The van der Waals surface area contributed by atoms with Crippen molar-refractivity contribution in [3.63, 3.8) is 0 Å². The van der Waals surface area contributed by atoms with Gasteiger partial charge >= 0.3 is 15.6 Å². The molecule has 234 valence electrons. The number of aromatic nitrogens is 1. The molecule has 1 aliphatic heterocycles. The lowest BCUT2D eigenvalue weighted by Gasteiger charge is -2.23. The molecule has 0 spiro atoms. The van der Waals surface area contributed by atoms with Gasteiger partial charge in [0.25, 0.3) is 11.8 Å². The van der Waals surface area contributed by atoms with Crippen LogP contribution in [0.1, 0.15) is 44.4 Å². The molecule has 8 nitrogen and oxygen atoms in total. The van der Waals surface area contributed by atoms with E-state index in [-0.39, 0.29) is 23.1 Å². The summed E-state index contributed by atoms with van der Waals surface area (Å²) in [5.74, 6) is -3.95. The molecule has 1 aliphatic carbocycles. The van der Waals surface area contributed by atoms with Crippen LogP contribution in [0.2, 0.25) is 0 Å². The number of rotatable bonds is 8. The molecule has 46 heavy (non-hydrogen) atoms. The van der Waals surface area contributed by atoms with Crippen LogP contribution in [-0.4, -0.2) is 42.2 Å². The molecule has 6 rings (SSSR count). The van der Waals surface area contributed by atoms with E-state index in [9.17, 15) is 35.6 Å². The van der Waals surface area contributed by atoms with E-state index in [0.29, 0.717) is 21.6 Å². The van der Waals surface area contributed by atoms with Crippen molar-refractivity contribution < 1.29 is 44.5 Å². The molecule has 0 saturated carbocycles. The lowest BCUT2D eigenvalue weighted by atomic mass is 9.99. The van der Waals surface area contributed by atoms with E-state index in [4.69, 9.17) is 4.74 Å². The van der Waals surface area contributed by atoms with Gasteiger partial charge in [-0.3, -0.25) is 19.5 Å². The van der Waals surface area contributed by atoms with Crippen molar-refractivity contribution in [3.05, 3.63) is 137 Å². The predicted octanol–water partition coefficient (Wildman–Crippen LogP) is 6.97. The van der Waals surface area contributed by atoms with Gasteiger partial charge in [-0.1, -0.05) is 72.8 Å². The summed E-state index contributed by atoms with van der Waals surface area (Å²) in [5, 5.41) is -0.313. The summed E-state index contributed by atoms with van der Waals surface area (Å²) in [6, 6.07) is 20.2. The quantitative estimate of drug-likeness (QED) is 0.0879. The van der Waals surface area contributed by atoms with E-state index < -0.39 is 62.8 Å². The highest BCUT2D eigenvalue weighted by molar-refractivity contribution is 7.88. The Morgan fingerprint density at radius 1 is 0.826 bits per heavy atom. The molecule has 2 heterocycles. The molecule has 0 N–H and O–H groups in total. The number of imide groups is 1. The molecule has 2 amide bonds. The Kier molecular flexibility index (Phi) is 7.94. The van der Waals surface area contributed by atoms with Crippen molar-refractivity contribution in [2.75, 3.05) is 6.54 Å². The SMILES string of the molecule is O=C1c2c(c(OC(c3ccccc3)c3ccccc3)c3ncccc3c2OS(=O)(=O)C(F)(F)F)C(=O)N1CC1=CCC=C(F)C=C1. The fourth-order valence-electron chi connectivity index (χ4n) is 5.17. The van der Waals surface area contributed by atoms with E-state index in [1.54, 1.807) is 66.7 Å². The fourth-order valence-corrected chi connectivity index (χ4v) is 5.66. The summed E-state index contributed by atoms with van der Waals surface area (Å²) >= 11 is 0. The first kappa shape index (κ1) is 30.7. The second-order valence-corrected chi connectivity index (χ2v) is 11.8. The number of pyridine rings is 1. The first-order chi connectivity index (χ1) is 22.0. The monoisotopic (exact) mass is 650 g/mol. The predicted molar refractivity (Wildman–Crippen MR) is 159 cm³/mol. The van der Waals surface area contributed by atoms with Crippen LogP contribution < -0.4 is 8.92 Å². The van der Waals surface area contributed by atoms with Gasteiger partial charge in [-0.25, -0.2) is 4.39 Å².